The number of benzene rings is 1. The maximum Gasteiger partial charge on any atom is 0.242 e. The predicted molar refractivity (Wildman–Crippen MR) is 87.0 cm³/mol. The molecule has 0 saturated heterocycles. The smallest absolute Gasteiger partial charge is 0.242 e. The van der Waals surface area contributed by atoms with Crippen LogP contribution in [0.3, 0.4) is 0 Å². The van der Waals surface area contributed by atoms with Crippen LogP contribution in [0.1, 0.15) is 41.0 Å². The van der Waals surface area contributed by atoms with E-state index in [-0.39, 0.29) is 10.3 Å². The zero-order chi connectivity index (χ0) is 15.8. The lowest BCUT2D eigenvalue weighted by Gasteiger charge is -2.33. The first-order chi connectivity index (χ1) is 8.82. The van der Waals surface area contributed by atoms with Crippen LogP contribution in [0.4, 0.5) is 5.69 Å². The van der Waals surface area contributed by atoms with Gasteiger partial charge in [-0.2, -0.15) is 0 Å². The molecule has 0 aliphatic carbocycles. The average molecular weight is 363 g/mol. The average Bonchev–Trinajstić information content (AvgIpc) is 2.09. The Labute approximate surface area is 130 Å². The van der Waals surface area contributed by atoms with Crippen LogP contribution in [0, 0.1) is 5.41 Å². The zero-order valence-electron chi connectivity index (χ0n) is 12.6. The molecular formula is C14H23BrN2O2S. The highest BCUT2D eigenvalue weighted by atomic mass is 79.9. The van der Waals surface area contributed by atoms with Crippen molar-refractivity contribution in [2.24, 2.45) is 5.41 Å². The molecule has 0 aromatic heterocycles. The van der Waals surface area contributed by atoms with Crippen LogP contribution in [0.5, 0.6) is 0 Å². The summed E-state index contributed by atoms with van der Waals surface area (Å²) in [7, 11) is -3.59. The van der Waals surface area contributed by atoms with Gasteiger partial charge in [-0.3, -0.25) is 0 Å². The van der Waals surface area contributed by atoms with E-state index in [1.807, 2.05) is 13.8 Å². The van der Waals surface area contributed by atoms with Crippen molar-refractivity contribution < 1.29 is 8.42 Å². The minimum Gasteiger partial charge on any atom is -0.399 e. The first-order valence-electron chi connectivity index (χ1n) is 6.41. The van der Waals surface area contributed by atoms with Gasteiger partial charge in [0.2, 0.25) is 10.0 Å². The normalized spacial score (nSPS) is 13.5. The lowest BCUT2D eigenvalue weighted by atomic mass is 9.82. The number of rotatable bonds is 4. The lowest BCUT2D eigenvalue weighted by molar-refractivity contribution is 0.269. The highest BCUT2D eigenvalue weighted by Crippen LogP contribution is 2.30. The van der Waals surface area contributed by atoms with Crippen LogP contribution in [-0.2, 0) is 10.0 Å². The molecule has 3 N–H and O–H groups in total. The molecule has 0 saturated carbocycles. The van der Waals surface area contributed by atoms with Gasteiger partial charge in [0, 0.05) is 15.7 Å². The van der Waals surface area contributed by atoms with E-state index < -0.39 is 15.6 Å². The van der Waals surface area contributed by atoms with Crippen molar-refractivity contribution in [3.05, 3.63) is 22.7 Å². The maximum absolute atomic E-state index is 12.5. The molecule has 0 heterocycles. The fraction of sp³-hybridized carbons (Fsp3) is 0.571. The largest absolute Gasteiger partial charge is 0.399 e. The Morgan fingerprint density at radius 1 is 1.20 bits per heavy atom. The molecule has 0 spiro atoms. The quantitative estimate of drug-likeness (QED) is 0.804. The molecule has 1 aromatic rings. The molecule has 6 heteroatoms. The summed E-state index contributed by atoms with van der Waals surface area (Å²) >= 11 is 3.25. The van der Waals surface area contributed by atoms with Crippen molar-refractivity contribution >= 4 is 31.6 Å². The van der Waals surface area contributed by atoms with Gasteiger partial charge in [0.1, 0.15) is 0 Å². The van der Waals surface area contributed by atoms with E-state index in [1.165, 1.54) is 6.07 Å². The van der Waals surface area contributed by atoms with Crippen LogP contribution in [0.15, 0.2) is 27.6 Å². The second-order valence-corrected chi connectivity index (χ2v) is 9.42. The third-order valence-corrected chi connectivity index (χ3v) is 5.30. The van der Waals surface area contributed by atoms with Crippen LogP contribution in [0.25, 0.3) is 0 Å². The summed E-state index contributed by atoms with van der Waals surface area (Å²) in [5.74, 6) is 0. The summed E-state index contributed by atoms with van der Waals surface area (Å²) in [5.41, 5.74) is 5.66. The first kappa shape index (κ1) is 17.5. The molecule has 0 bridgehead atoms. The molecule has 0 radical (unpaired) electrons. The number of hydrogen-bond acceptors (Lipinski definition) is 3. The second kappa shape index (κ2) is 5.66. The Balaban J connectivity index is 3.06. The van der Waals surface area contributed by atoms with Crippen molar-refractivity contribution in [2.45, 2.75) is 51.5 Å². The Morgan fingerprint density at radius 3 is 2.20 bits per heavy atom. The number of halogens is 1. The van der Waals surface area contributed by atoms with Gasteiger partial charge in [0.15, 0.2) is 0 Å². The van der Waals surface area contributed by atoms with Crippen LogP contribution in [0.2, 0.25) is 0 Å². The molecule has 1 rings (SSSR count). The van der Waals surface area contributed by atoms with E-state index in [0.29, 0.717) is 10.2 Å². The Kier molecular flexibility index (Phi) is 4.94. The summed E-state index contributed by atoms with van der Waals surface area (Å²) in [4.78, 5) is 0.202. The van der Waals surface area contributed by atoms with Crippen molar-refractivity contribution in [3.63, 3.8) is 0 Å². The summed E-state index contributed by atoms with van der Waals surface area (Å²) in [6.07, 6.45) is 0.728. The number of nitrogen functional groups attached to an aromatic ring is 1. The van der Waals surface area contributed by atoms with Gasteiger partial charge >= 0.3 is 0 Å². The molecule has 1 aromatic carbocycles. The van der Waals surface area contributed by atoms with Crippen molar-refractivity contribution in [1.29, 1.82) is 0 Å². The summed E-state index contributed by atoms with van der Waals surface area (Å²) < 4.78 is 28.2. The van der Waals surface area contributed by atoms with Gasteiger partial charge < -0.3 is 5.73 Å². The molecule has 4 nitrogen and oxygen atoms in total. The number of hydrogen-bond donors (Lipinski definition) is 2. The third kappa shape index (κ3) is 5.07. The predicted octanol–water partition coefficient (Wildman–Crippen LogP) is 3.52. The van der Waals surface area contributed by atoms with Gasteiger partial charge in [0.05, 0.1) is 4.90 Å². The number of nitrogens with two attached hydrogens (primary N) is 1. The Bertz CT molecular complexity index is 590. The van der Waals surface area contributed by atoms with Crippen molar-refractivity contribution in [1.82, 2.24) is 4.72 Å². The fourth-order valence-corrected chi connectivity index (χ4v) is 5.02. The second-order valence-electron chi connectivity index (χ2n) is 6.92. The van der Waals surface area contributed by atoms with Crippen LogP contribution >= 0.6 is 15.9 Å². The van der Waals surface area contributed by atoms with Gasteiger partial charge in [-0.05, 0) is 59.8 Å². The molecule has 114 valence electrons. The summed E-state index contributed by atoms with van der Waals surface area (Å²) in [5, 5.41) is 0. The van der Waals surface area contributed by atoms with Gasteiger partial charge in [-0.25, -0.2) is 13.1 Å². The van der Waals surface area contributed by atoms with E-state index in [4.69, 9.17) is 5.73 Å². The van der Waals surface area contributed by atoms with E-state index in [1.54, 1.807) is 12.1 Å². The van der Waals surface area contributed by atoms with E-state index in [9.17, 15) is 8.42 Å². The minimum atomic E-state index is -3.59. The SMILES string of the molecule is CC(C)(C)CC(C)(C)NS(=O)(=O)c1ccc(N)cc1Br. The third-order valence-electron chi connectivity index (χ3n) is 2.63. The molecule has 0 aliphatic heterocycles. The molecule has 0 aliphatic rings. The molecule has 0 atom stereocenters. The highest BCUT2D eigenvalue weighted by molar-refractivity contribution is 9.10. The minimum absolute atomic E-state index is 0.0321. The highest BCUT2D eigenvalue weighted by Gasteiger charge is 2.31. The van der Waals surface area contributed by atoms with E-state index in [2.05, 4.69) is 41.4 Å². The number of sulfonamides is 1. The standard InChI is InChI=1S/C14H23BrN2O2S/c1-13(2,3)9-14(4,5)17-20(18,19)12-7-6-10(16)8-11(12)15/h6-8,17H,9,16H2,1-5H3. The molecule has 0 unspecified atom stereocenters. The first-order valence-corrected chi connectivity index (χ1v) is 8.69. The lowest BCUT2D eigenvalue weighted by Crippen LogP contribution is -2.45. The van der Waals surface area contributed by atoms with Gasteiger partial charge in [-0.15, -0.1) is 0 Å². The summed E-state index contributed by atoms with van der Waals surface area (Å²) in [6, 6.07) is 4.68. The van der Waals surface area contributed by atoms with Crippen molar-refractivity contribution in [3.8, 4) is 0 Å². The zero-order valence-corrected chi connectivity index (χ0v) is 15.0. The van der Waals surface area contributed by atoms with E-state index in [0.717, 1.165) is 6.42 Å². The molecule has 0 amide bonds. The fourth-order valence-electron chi connectivity index (χ4n) is 2.52. The Hall–Kier alpha value is -0.590. The topological polar surface area (TPSA) is 72.2 Å². The molecule has 0 fully saturated rings. The van der Waals surface area contributed by atoms with Crippen molar-refractivity contribution in [2.75, 3.05) is 5.73 Å². The molecule has 20 heavy (non-hydrogen) atoms. The van der Waals surface area contributed by atoms with Crippen LogP contribution < -0.4 is 10.5 Å². The van der Waals surface area contributed by atoms with E-state index >= 15 is 0 Å². The Morgan fingerprint density at radius 2 is 1.75 bits per heavy atom. The number of nitrogens with one attached hydrogen (secondary N) is 1. The summed E-state index contributed by atoms with van der Waals surface area (Å²) in [6.45, 7) is 10.0. The number of anilines is 1. The maximum atomic E-state index is 12.5. The van der Waals surface area contributed by atoms with Gasteiger partial charge in [-0.1, -0.05) is 20.8 Å². The van der Waals surface area contributed by atoms with Crippen LogP contribution in [-0.4, -0.2) is 14.0 Å². The molecular weight excluding hydrogens is 340 g/mol. The monoisotopic (exact) mass is 362 g/mol. The van der Waals surface area contributed by atoms with Gasteiger partial charge in [0.25, 0.3) is 0 Å².